The molecule has 7 aromatic rings. The van der Waals surface area contributed by atoms with Crippen LogP contribution < -0.4 is 15.5 Å². The topological polar surface area (TPSA) is 19.6 Å². The summed E-state index contributed by atoms with van der Waals surface area (Å²) in [6.45, 7) is 3.68. The average molecular weight is 667 g/mol. The second-order valence-corrected chi connectivity index (χ2v) is 15.8. The zero-order chi connectivity index (χ0) is 34.0. The maximum absolute atomic E-state index is 7.28. The molecule has 2 aliphatic carbocycles. The minimum atomic E-state index is -0.426. The molecule has 1 saturated heterocycles. The summed E-state index contributed by atoms with van der Waals surface area (Å²) in [6.07, 6.45) is 8.40. The van der Waals surface area contributed by atoms with Crippen LogP contribution in [-0.4, -0.2) is 17.5 Å². The highest BCUT2D eigenvalue weighted by atomic mass is 16.3. The van der Waals surface area contributed by atoms with E-state index in [-0.39, 0.29) is 17.0 Å². The summed E-state index contributed by atoms with van der Waals surface area (Å²) in [5, 5.41) is 2.39. The number of anilines is 2. The lowest BCUT2D eigenvalue weighted by atomic mass is 9.49. The van der Waals surface area contributed by atoms with Crippen LogP contribution in [-0.2, 0) is 11.0 Å². The predicted molar refractivity (Wildman–Crippen MR) is 209 cm³/mol. The van der Waals surface area contributed by atoms with Crippen molar-refractivity contribution in [1.29, 1.82) is 0 Å². The van der Waals surface area contributed by atoms with E-state index >= 15 is 0 Å². The molecule has 3 heteroatoms. The molecular weight excluding hydrogens is 633 g/mol. The third-order valence-corrected chi connectivity index (χ3v) is 13.8. The molecule has 0 radical (unpaired) electrons. The summed E-state index contributed by atoms with van der Waals surface area (Å²) in [7, 11) is 0. The molecule has 6 aliphatic rings. The Bertz CT molecular complexity index is 2870. The molecule has 3 nitrogen and oxygen atoms in total. The van der Waals surface area contributed by atoms with Crippen molar-refractivity contribution < 1.29 is 4.42 Å². The summed E-state index contributed by atoms with van der Waals surface area (Å²) in [5.41, 5.74) is 16.9. The van der Waals surface area contributed by atoms with E-state index in [9.17, 15) is 0 Å². The molecule has 0 saturated carbocycles. The summed E-state index contributed by atoms with van der Waals surface area (Å²) < 4.78 is 7.28. The fourth-order valence-electron chi connectivity index (χ4n) is 11.6. The number of nitrogens with zero attached hydrogens (tertiary/aromatic N) is 2. The maximum atomic E-state index is 7.28. The van der Waals surface area contributed by atoms with Gasteiger partial charge in [-0.25, -0.2) is 0 Å². The molecule has 4 aliphatic heterocycles. The largest absolute Gasteiger partial charge is 0.455 e. The summed E-state index contributed by atoms with van der Waals surface area (Å²) in [6, 6.07) is 52.5. The van der Waals surface area contributed by atoms with Gasteiger partial charge in [0.1, 0.15) is 11.0 Å². The Labute approximate surface area is 302 Å². The van der Waals surface area contributed by atoms with E-state index in [1.165, 1.54) is 78.5 Å². The lowest BCUT2D eigenvalue weighted by Crippen LogP contribution is -2.61. The van der Waals surface area contributed by atoms with E-state index in [2.05, 4.69) is 175 Å². The predicted octanol–water partition coefficient (Wildman–Crippen LogP) is 9.38. The average Bonchev–Trinajstić information content (AvgIpc) is 3.83. The highest BCUT2D eigenvalue weighted by Crippen LogP contribution is 2.70. The van der Waals surface area contributed by atoms with Crippen LogP contribution in [0, 0.1) is 5.41 Å². The number of benzene rings is 6. The van der Waals surface area contributed by atoms with Gasteiger partial charge >= 0.3 is 0 Å². The van der Waals surface area contributed by atoms with Gasteiger partial charge in [-0.3, -0.25) is 0 Å². The van der Waals surface area contributed by atoms with Crippen molar-refractivity contribution in [3.8, 4) is 22.3 Å². The second-order valence-electron chi connectivity index (χ2n) is 15.8. The first-order valence-electron chi connectivity index (χ1n) is 18.7. The molecule has 0 N–H and O–H groups in total. The fraction of sp³-hybridized carbons (Fsp3) is 0.143. The van der Waals surface area contributed by atoms with Crippen molar-refractivity contribution >= 4 is 34.0 Å². The first-order valence-corrected chi connectivity index (χ1v) is 18.7. The Hall–Kier alpha value is -6.06. The molecule has 246 valence electrons. The van der Waals surface area contributed by atoms with Crippen LogP contribution in [0.2, 0.25) is 0 Å². The monoisotopic (exact) mass is 666 g/mol. The van der Waals surface area contributed by atoms with Crippen LogP contribution in [0.15, 0.2) is 156 Å². The highest BCUT2D eigenvalue weighted by molar-refractivity contribution is 6.02. The van der Waals surface area contributed by atoms with Crippen molar-refractivity contribution in [2.45, 2.75) is 30.3 Å². The number of fused-ring (bicyclic) bond motifs is 16. The van der Waals surface area contributed by atoms with Gasteiger partial charge in [0, 0.05) is 50.6 Å². The smallest absolute Gasteiger partial charge is 0.143 e. The van der Waals surface area contributed by atoms with Crippen LogP contribution in [0.25, 0.3) is 44.9 Å². The van der Waals surface area contributed by atoms with Crippen molar-refractivity contribution in [2.24, 2.45) is 5.41 Å². The van der Waals surface area contributed by atoms with Crippen LogP contribution in [0.5, 0.6) is 0 Å². The van der Waals surface area contributed by atoms with Gasteiger partial charge < -0.3 is 14.2 Å². The van der Waals surface area contributed by atoms with Crippen LogP contribution >= 0.6 is 0 Å². The molecule has 52 heavy (non-hydrogen) atoms. The number of hydrogen-bond acceptors (Lipinski definition) is 3. The van der Waals surface area contributed by atoms with E-state index < -0.39 is 5.41 Å². The lowest BCUT2D eigenvalue weighted by Gasteiger charge is -2.58. The van der Waals surface area contributed by atoms with Gasteiger partial charge in [-0.1, -0.05) is 140 Å². The normalized spacial score (nSPS) is 24.2. The molecule has 0 bridgehead atoms. The van der Waals surface area contributed by atoms with Crippen LogP contribution in [0.4, 0.5) is 11.4 Å². The lowest BCUT2D eigenvalue weighted by molar-refractivity contribution is 0.0393. The number of para-hydroxylation sites is 3. The Morgan fingerprint density at radius 3 is 1.96 bits per heavy atom. The van der Waals surface area contributed by atoms with Crippen molar-refractivity contribution in [3.63, 3.8) is 0 Å². The second kappa shape index (κ2) is 9.05. The summed E-state index contributed by atoms with van der Waals surface area (Å²) in [4.78, 5) is 5.09. The van der Waals surface area contributed by atoms with E-state index in [0.717, 1.165) is 23.1 Å². The van der Waals surface area contributed by atoms with Crippen molar-refractivity contribution in [3.05, 3.63) is 190 Å². The molecule has 0 amide bonds. The minimum Gasteiger partial charge on any atom is -0.455 e. The van der Waals surface area contributed by atoms with Crippen LogP contribution in [0.3, 0.4) is 0 Å². The first-order chi connectivity index (χ1) is 25.6. The Kier molecular flexibility index (Phi) is 4.81. The van der Waals surface area contributed by atoms with E-state index in [1.54, 1.807) is 0 Å². The van der Waals surface area contributed by atoms with E-state index in [4.69, 9.17) is 4.42 Å². The minimum absolute atomic E-state index is 0.0232. The Morgan fingerprint density at radius 2 is 1.29 bits per heavy atom. The van der Waals surface area contributed by atoms with Gasteiger partial charge in [0.25, 0.3) is 0 Å². The third kappa shape index (κ3) is 2.87. The molecule has 6 aromatic carbocycles. The Balaban J connectivity index is 1.15. The molecule has 1 spiro atoms. The van der Waals surface area contributed by atoms with E-state index in [0.29, 0.717) is 0 Å². The molecule has 3 unspecified atom stereocenters. The first kappa shape index (κ1) is 27.6. The zero-order valence-electron chi connectivity index (χ0n) is 28.8. The molecule has 1 aromatic heterocycles. The maximum Gasteiger partial charge on any atom is 0.143 e. The molecule has 1 fully saturated rings. The standard InChI is InChI=1S/C49H34N2O/c1-47-29-37-35-15-10-14-32(30-21-23-31(24-22-30)48-25-27-50(48)28-26-48)44(35)52-45(37)43-36-13-4-8-19-41(36)51(46(43)47)42-20-9-7-18-40(42)49(47)38-16-5-2-11-33(38)34-12-3-6-17-39(34)49/h2-25,27,29,46H,26,28H2,1H3. The van der Waals surface area contributed by atoms with Gasteiger partial charge in [-0.05, 0) is 69.8 Å². The number of furan rings is 1. The Morgan fingerprint density at radius 1 is 0.635 bits per heavy atom. The quantitative estimate of drug-likeness (QED) is 0.183. The molecule has 13 rings (SSSR count). The van der Waals surface area contributed by atoms with Gasteiger partial charge in [-0.15, -0.1) is 0 Å². The van der Waals surface area contributed by atoms with Crippen molar-refractivity contribution in [2.75, 3.05) is 11.4 Å². The van der Waals surface area contributed by atoms with Gasteiger partial charge in [0.05, 0.1) is 17.0 Å². The summed E-state index contributed by atoms with van der Waals surface area (Å²) >= 11 is 0. The van der Waals surface area contributed by atoms with Crippen molar-refractivity contribution in [1.82, 2.24) is 4.90 Å². The number of rotatable bonds is 2. The molecule has 5 heterocycles. The third-order valence-electron chi connectivity index (χ3n) is 13.8. The fourth-order valence-corrected chi connectivity index (χ4v) is 11.6. The van der Waals surface area contributed by atoms with Gasteiger partial charge in [0.2, 0.25) is 0 Å². The molecule has 3 atom stereocenters. The van der Waals surface area contributed by atoms with E-state index in [1.807, 2.05) is 0 Å². The van der Waals surface area contributed by atoms with Gasteiger partial charge in [0.15, 0.2) is 0 Å². The number of hydrogen-bond donors (Lipinski definition) is 0. The van der Waals surface area contributed by atoms with Crippen LogP contribution in [0.1, 0.15) is 41.2 Å². The SMILES string of the molecule is CC12C=c3c(oc4c(-c5ccc(C67C=CN6CC7)cc5)cccc34)=C3c4ccccc4N(c4ccccc4C14c1ccccc1-c1ccccc14)C32. The summed E-state index contributed by atoms with van der Waals surface area (Å²) in [5.74, 6) is 0. The zero-order valence-corrected chi connectivity index (χ0v) is 28.8. The highest BCUT2D eigenvalue weighted by Gasteiger charge is 2.66. The molecular formula is C49H34N2O. The van der Waals surface area contributed by atoms with Gasteiger partial charge in [-0.2, -0.15) is 0 Å².